The van der Waals surface area contributed by atoms with Gasteiger partial charge >= 0.3 is 0 Å². The molecule has 1 aromatic heterocycles. The van der Waals surface area contributed by atoms with Crippen LogP contribution in [0.3, 0.4) is 0 Å². The Labute approximate surface area is 119 Å². The number of hydrogen-bond acceptors (Lipinski definition) is 3. The number of rotatable bonds is 7. The van der Waals surface area contributed by atoms with E-state index in [1.165, 1.54) is 0 Å². The number of furan rings is 1. The molecule has 0 saturated heterocycles. The van der Waals surface area contributed by atoms with E-state index in [0.717, 1.165) is 17.7 Å². The normalized spacial score (nSPS) is 12.1. The van der Waals surface area contributed by atoms with E-state index in [0.29, 0.717) is 6.54 Å². The standard InChI is InChI=1S/C16H20N2O2/c1-2-15(13-7-4-3-5-8-13)18-16(19)12-17-11-14-9-6-10-20-14/h3-10,15,17H,2,11-12H2,1H3,(H,18,19). The van der Waals surface area contributed by atoms with Gasteiger partial charge in [0, 0.05) is 0 Å². The molecular formula is C16H20N2O2. The van der Waals surface area contributed by atoms with E-state index in [1.807, 2.05) is 42.5 Å². The summed E-state index contributed by atoms with van der Waals surface area (Å²) in [5.41, 5.74) is 1.13. The van der Waals surface area contributed by atoms with Crippen LogP contribution in [0.2, 0.25) is 0 Å². The van der Waals surface area contributed by atoms with Gasteiger partial charge in [-0.1, -0.05) is 37.3 Å². The molecule has 4 heteroatoms. The monoisotopic (exact) mass is 272 g/mol. The van der Waals surface area contributed by atoms with Gasteiger partial charge < -0.3 is 15.1 Å². The number of carbonyl (C=O) groups excluding carboxylic acids is 1. The smallest absolute Gasteiger partial charge is 0.234 e. The van der Waals surface area contributed by atoms with E-state index in [2.05, 4.69) is 17.6 Å². The predicted octanol–water partition coefficient (Wildman–Crippen LogP) is 2.64. The molecule has 0 spiro atoms. The van der Waals surface area contributed by atoms with Gasteiger partial charge in [-0.2, -0.15) is 0 Å². The summed E-state index contributed by atoms with van der Waals surface area (Å²) in [6, 6.07) is 13.8. The molecule has 1 amide bonds. The first-order chi connectivity index (χ1) is 9.79. The molecule has 1 aromatic carbocycles. The Kier molecular flexibility index (Phi) is 5.38. The van der Waals surface area contributed by atoms with E-state index in [4.69, 9.17) is 4.42 Å². The van der Waals surface area contributed by atoms with E-state index in [-0.39, 0.29) is 18.5 Å². The van der Waals surface area contributed by atoms with Crippen LogP contribution < -0.4 is 10.6 Å². The van der Waals surface area contributed by atoms with E-state index >= 15 is 0 Å². The fraction of sp³-hybridized carbons (Fsp3) is 0.312. The molecular weight excluding hydrogens is 252 g/mol. The zero-order chi connectivity index (χ0) is 14.2. The van der Waals surface area contributed by atoms with Crippen LogP contribution >= 0.6 is 0 Å². The number of nitrogens with one attached hydrogen (secondary N) is 2. The maximum Gasteiger partial charge on any atom is 0.234 e. The zero-order valence-corrected chi connectivity index (χ0v) is 11.6. The van der Waals surface area contributed by atoms with Gasteiger partial charge in [0.25, 0.3) is 0 Å². The van der Waals surface area contributed by atoms with E-state index in [9.17, 15) is 4.79 Å². The lowest BCUT2D eigenvalue weighted by atomic mass is 10.0. The summed E-state index contributed by atoms with van der Waals surface area (Å²) in [5.74, 6) is 0.820. The van der Waals surface area contributed by atoms with Crippen molar-refractivity contribution >= 4 is 5.91 Å². The Hall–Kier alpha value is -2.07. The largest absolute Gasteiger partial charge is 0.468 e. The molecule has 0 bridgehead atoms. The molecule has 106 valence electrons. The minimum atomic E-state index is -0.00717. The van der Waals surface area contributed by atoms with Gasteiger partial charge in [-0.25, -0.2) is 0 Å². The van der Waals surface area contributed by atoms with Crippen LogP contribution in [0.5, 0.6) is 0 Å². The summed E-state index contributed by atoms with van der Waals surface area (Å²) in [6.07, 6.45) is 2.49. The first-order valence-corrected chi connectivity index (χ1v) is 6.87. The van der Waals surface area contributed by atoms with Crippen LogP contribution in [0.15, 0.2) is 53.1 Å². The maximum absolute atomic E-state index is 11.9. The summed E-state index contributed by atoms with van der Waals surface area (Å²) >= 11 is 0. The lowest BCUT2D eigenvalue weighted by Crippen LogP contribution is -2.35. The molecule has 2 rings (SSSR count). The number of benzene rings is 1. The molecule has 4 nitrogen and oxygen atoms in total. The highest BCUT2D eigenvalue weighted by Crippen LogP contribution is 2.15. The van der Waals surface area contributed by atoms with Crippen LogP contribution in [0.25, 0.3) is 0 Å². The molecule has 0 radical (unpaired) electrons. The van der Waals surface area contributed by atoms with Crippen molar-refractivity contribution in [1.82, 2.24) is 10.6 Å². The minimum absolute atomic E-state index is 0.00717. The predicted molar refractivity (Wildman–Crippen MR) is 78.0 cm³/mol. The van der Waals surface area contributed by atoms with Crippen molar-refractivity contribution in [3.63, 3.8) is 0 Å². The quantitative estimate of drug-likeness (QED) is 0.814. The topological polar surface area (TPSA) is 54.3 Å². The second-order valence-electron chi connectivity index (χ2n) is 4.62. The second-order valence-corrected chi connectivity index (χ2v) is 4.62. The van der Waals surface area contributed by atoms with Crippen LogP contribution in [0.1, 0.15) is 30.7 Å². The Morgan fingerprint density at radius 2 is 2.00 bits per heavy atom. The first kappa shape index (κ1) is 14.3. The van der Waals surface area contributed by atoms with E-state index < -0.39 is 0 Å². The summed E-state index contributed by atoms with van der Waals surface area (Å²) in [5, 5.41) is 6.09. The molecule has 0 aliphatic carbocycles. The molecule has 20 heavy (non-hydrogen) atoms. The highest BCUT2D eigenvalue weighted by Gasteiger charge is 2.11. The SMILES string of the molecule is CCC(NC(=O)CNCc1ccco1)c1ccccc1. The van der Waals surface area contributed by atoms with Crippen molar-refractivity contribution in [3.05, 3.63) is 60.1 Å². The molecule has 0 saturated carbocycles. The van der Waals surface area contributed by atoms with Crippen LogP contribution in [0, 0.1) is 0 Å². The van der Waals surface area contributed by atoms with Gasteiger partial charge in [-0.3, -0.25) is 4.79 Å². The van der Waals surface area contributed by atoms with Crippen molar-refractivity contribution < 1.29 is 9.21 Å². The molecule has 0 aliphatic rings. The van der Waals surface area contributed by atoms with Crippen molar-refractivity contribution in [2.45, 2.75) is 25.9 Å². The second kappa shape index (κ2) is 7.50. The molecule has 1 unspecified atom stereocenters. The Morgan fingerprint density at radius 1 is 1.20 bits per heavy atom. The molecule has 0 fully saturated rings. The summed E-state index contributed by atoms with van der Waals surface area (Å²) < 4.78 is 5.19. The Balaban J connectivity index is 1.78. The fourth-order valence-corrected chi connectivity index (χ4v) is 2.06. The average molecular weight is 272 g/mol. The Morgan fingerprint density at radius 3 is 2.65 bits per heavy atom. The van der Waals surface area contributed by atoms with Gasteiger partial charge in [0.2, 0.25) is 5.91 Å². The third-order valence-corrected chi connectivity index (χ3v) is 3.11. The molecule has 1 atom stereocenters. The lowest BCUT2D eigenvalue weighted by molar-refractivity contribution is -0.121. The molecule has 0 aliphatic heterocycles. The van der Waals surface area contributed by atoms with Gasteiger partial charge in [0.1, 0.15) is 5.76 Å². The molecule has 2 N–H and O–H groups in total. The Bertz CT molecular complexity index is 509. The van der Waals surface area contributed by atoms with Crippen LogP contribution in [-0.4, -0.2) is 12.5 Å². The van der Waals surface area contributed by atoms with Crippen molar-refractivity contribution in [2.24, 2.45) is 0 Å². The third kappa shape index (κ3) is 4.24. The van der Waals surface area contributed by atoms with Gasteiger partial charge in [0.15, 0.2) is 0 Å². The summed E-state index contributed by atoms with van der Waals surface area (Å²) in [4.78, 5) is 11.9. The van der Waals surface area contributed by atoms with E-state index in [1.54, 1.807) is 6.26 Å². The third-order valence-electron chi connectivity index (χ3n) is 3.11. The highest BCUT2D eigenvalue weighted by atomic mass is 16.3. The number of carbonyl (C=O) groups is 1. The van der Waals surface area contributed by atoms with Gasteiger partial charge in [0.05, 0.1) is 25.4 Å². The lowest BCUT2D eigenvalue weighted by Gasteiger charge is -2.17. The fourth-order valence-electron chi connectivity index (χ4n) is 2.06. The highest BCUT2D eigenvalue weighted by molar-refractivity contribution is 5.78. The first-order valence-electron chi connectivity index (χ1n) is 6.87. The van der Waals surface area contributed by atoms with Crippen LogP contribution in [-0.2, 0) is 11.3 Å². The number of amides is 1. The van der Waals surface area contributed by atoms with Crippen molar-refractivity contribution in [1.29, 1.82) is 0 Å². The summed E-state index contributed by atoms with van der Waals surface area (Å²) in [6.45, 7) is 2.90. The van der Waals surface area contributed by atoms with Gasteiger partial charge in [-0.15, -0.1) is 0 Å². The van der Waals surface area contributed by atoms with Crippen molar-refractivity contribution in [3.8, 4) is 0 Å². The minimum Gasteiger partial charge on any atom is -0.468 e. The summed E-state index contributed by atoms with van der Waals surface area (Å²) in [7, 11) is 0. The number of hydrogen-bond donors (Lipinski definition) is 2. The molecule has 1 heterocycles. The van der Waals surface area contributed by atoms with Gasteiger partial charge in [-0.05, 0) is 24.1 Å². The van der Waals surface area contributed by atoms with Crippen molar-refractivity contribution in [2.75, 3.05) is 6.54 Å². The average Bonchev–Trinajstić information content (AvgIpc) is 2.99. The van der Waals surface area contributed by atoms with Crippen LogP contribution in [0.4, 0.5) is 0 Å². The molecule has 2 aromatic rings. The zero-order valence-electron chi connectivity index (χ0n) is 11.6. The maximum atomic E-state index is 11.9.